The van der Waals surface area contributed by atoms with E-state index in [1.165, 1.54) is 16.9 Å². The highest BCUT2D eigenvalue weighted by molar-refractivity contribution is 7.14. The van der Waals surface area contributed by atoms with Crippen LogP contribution >= 0.6 is 11.3 Å². The van der Waals surface area contributed by atoms with Crippen LogP contribution in [0.1, 0.15) is 32.4 Å². The summed E-state index contributed by atoms with van der Waals surface area (Å²) >= 11 is 1.58. The van der Waals surface area contributed by atoms with E-state index in [1.54, 1.807) is 35.9 Å². The molecule has 0 aliphatic heterocycles. The van der Waals surface area contributed by atoms with E-state index >= 15 is 0 Å². The third kappa shape index (κ3) is 2.87. The predicted octanol–water partition coefficient (Wildman–Crippen LogP) is 2.61. The number of nitrogens with one attached hydrogen (secondary N) is 1. The molecule has 4 rings (SSSR count). The van der Waals surface area contributed by atoms with Crippen LogP contribution in [0.15, 0.2) is 35.1 Å². The molecule has 0 atom stereocenters. The van der Waals surface area contributed by atoms with E-state index in [4.69, 9.17) is 4.52 Å². The fourth-order valence-electron chi connectivity index (χ4n) is 2.63. The molecule has 0 saturated heterocycles. The van der Waals surface area contributed by atoms with Crippen LogP contribution < -0.4 is 5.32 Å². The molecule has 3 aromatic rings. The lowest BCUT2D eigenvalue weighted by Gasteiger charge is -1.99. The minimum absolute atomic E-state index is 0.0898. The zero-order valence-electron chi connectivity index (χ0n) is 12.3. The predicted molar refractivity (Wildman–Crippen MR) is 85.0 cm³/mol. The zero-order valence-corrected chi connectivity index (χ0v) is 13.1. The first kappa shape index (κ1) is 14.1. The molecule has 0 radical (unpaired) electrons. The summed E-state index contributed by atoms with van der Waals surface area (Å²) in [5.41, 5.74) is 2.15. The van der Waals surface area contributed by atoms with Gasteiger partial charge >= 0.3 is 0 Å². The highest BCUT2D eigenvalue weighted by atomic mass is 32.1. The summed E-state index contributed by atoms with van der Waals surface area (Å²) in [6.07, 6.45) is 6.71. The van der Waals surface area contributed by atoms with Gasteiger partial charge < -0.3 is 9.84 Å². The minimum Gasteiger partial charge on any atom is -0.342 e. The second-order valence-electron chi connectivity index (χ2n) is 5.34. The van der Waals surface area contributed by atoms with Crippen LogP contribution in [0.2, 0.25) is 0 Å². The molecule has 1 aliphatic rings. The SMILES string of the molecule is O=C(NCc1nc(-c2ccncc2)no1)c1cc2c(s1)CCC2. The molecular formula is C16H14N4O2S. The van der Waals surface area contributed by atoms with Crippen LogP contribution in [0.3, 0.4) is 0 Å². The maximum absolute atomic E-state index is 12.2. The Morgan fingerprint density at radius 2 is 2.17 bits per heavy atom. The maximum atomic E-state index is 12.2. The Morgan fingerprint density at radius 1 is 1.30 bits per heavy atom. The Kier molecular flexibility index (Phi) is 3.63. The van der Waals surface area contributed by atoms with Crippen molar-refractivity contribution in [3.63, 3.8) is 0 Å². The van der Waals surface area contributed by atoms with E-state index in [1.807, 2.05) is 6.07 Å². The number of pyridine rings is 1. The van der Waals surface area contributed by atoms with Crippen molar-refractivity contribution in [3.05, 3.63) is 51.8 Å². The van der Waals surface area contributed by atoms with Crippen molar-refractivity contribution in [1.82, 2.24) is 20.4 Å². The van der Waals surface area contributed by atoms with Crippen LogP contribution in [0, 0.1) is 0 Å². The second-order valence-corrected chi connectivity index (χ2v) is 6.48. The Morgan fingerprint density at radius 3 is 3.00 bits per heavy atom. The molecule has 1 amide bonds. The van der Waals surface area contributed by atoms with E-state index in [-0.39, 0.29) is 12.5 Å². The van der Waals surface area contributed by atoms with Crippen molar-refractivity contribution in [1.29, 1.82) is 0 Å². The summed E-state index contributed by atoms with van der Waals surface area (Å²) in [7, 11) is 0. The smallest absolute Gasteiger partial charge is 0.261 e. The van der Waals surface area contributed by atoms with E-state index in [0.29, 0.717) is 11.7 Å². The number of nitrogens with zero attached hydrogens (tertiary/aromatic N) is 3. The van der Waals surface area contributed by atoms with Gasteiger partial charge in [-0.15, -0.1) is 11.3 Å². The molecule has 23 heavy (non-hydrogen) atoms. The second kappa shape index (κ2) is 5.92. The molecular weight excluding hydrogens is 312 g/mol. The Labute approximate surface area is 136 Å². The first-order valence-corrected chi connectivity index (χ1v) is 8.24. The normalized spacial score (nSPS) is 13.0. The third-order valence-corrected chi connectivity index (χ3v) is 5.01. The van der Waals surface area contributed by atoms with Gasteiger partial charge in [-0.25, -0.2) is 0 Å². The molecule has 3 aromatic heterocycles. The highest BCUT2D eigenvalue weighted by Gasteiger charge is 2.18. The van der Waals surface area contributed by atoms with Gasteiger partial charge in [0.25, 0.3) is 5.91 Å². The van der Waals surface area contributed by atoms with Crippen LogP contribution in [-0.2, 0) is 19.4 Å². The lowest BCUT2D eigenvalue weighted by atomic mass is 10.2. The highest BCUT2D eigenvalue weighted by Crippen LogP contribution is 2.30. The van der Waals surface area contributed by atoms with Crippen LogP contribution in [-0.4, -0.2) is 21.0 Å². The standard InChI is InChI=1S/C16H14N4O2S/c21-16(13-8-11-2-1-3-12(11)23-13)18-9-14-19-15(20-22-14)10-4-6-17-7-5-10/h4-8H,1-3,9H2,(H,18,21). The first-order valence-electron chi connectivity index (χ1n) is 7.42. The molecule has 0 aromatic carbocycles. The summed E-state index contributed by atoms with van der Waals surface area (Å²) < 4.78 is 5.17. The fourth-order valence-corrected chi connectivity index (χ4v) is 3.80. The average Bonchev–Trinajstić information content (AvgIpc) is 3.29. The largest absolute Gasteiger partial charge is 0.342 e. The monoisotopic (exact) mass is 326 g/mol. The minimum atomic E-state index is -0.0898. The molecule has 0 bridgehead atoms. The van der Waals surface area contributed by atoms with Gasteiger partial charge in [-0.3, -0.25) is 9.78 Å². The lowest BCUT2D eigenvalue weighted by Crippen LogP contribution is -2.22. The van der Waals surface area contributed by atoms with E-state index in [0.717, 1.165) is 23.3 Å². The molecule has 0 fully saturated rings. The van der Waals surface area contributed by atoms with Gasteiger partial charge in [0.1, 0.15) is 0 Å². The molecule has 6 nitrogen and oxygen atoms in total. The van der Waals surface area contributed by atoms with Crippen molar-refractivity contribution in [2.24, 2.45) is 0 Å². The fraction of sp³-hybridized carbons (Fsp3) is 0.250. The number of amides is 1. The number of hydrogen-bond acceptors (Lipinski definition) is 6. The molecule has 116 valence electrons. The number of fused-ring (bicyclic) bond motifs is 1. The van der Waals surface area contributed by atoms with Gasteiger partial charge in [0.05, 0.1) is 11.4 Å². The molecule has 0 saturated carbocycles. The van der Waals surface area contributed by atoms with E-state index in [9.17, 15) is 4.79 Å². The van der Waals surface area contributed by atoms with Gasteiger partial charge in [-0.1, -0.05) is 5.16 Å². The van der Waals surface area contributed by atoms with Crippen molar-refractivity contribution >= 4 is 17.2 Å². The molecule has 1 N–H and O–H groups in total. The topological polar surface area (TPSA) is 80.9 Å². The number of thiophene rings is 1. The Hall–Kier alpha value is -2.54. The first-order chi connectivity index (χ1) is 11.3. The van der Waals surface area contributed by atoms with Crippen LogP contribution in [0.4, 0.5) is 0 Å². The summed E-state index contributed by atoms with van der Waals surface area (Å²) in [6.45, 7) is 0.222. The molecule has 7 heteroatoms. The summed E-state index contributed by atoms with van der Waals surface area (Å²) in [4.78, 5) is 22.5. The quantitative estimate of drug-likeness (QED) is 0.797. The number of hydrogen-bond donors (Lipinski definition) is 1. The number of aromatic nitrogens is 3. The summed E-state index contributed by atoms with van der Waals surface area (Å²) in [5.74, 6) is 0.786. The van der Waals surface area contributed by atoms with Gasteiger partial charge in [-0.05, 0) is 43.0 Å². The van der Waals surface area contributed by atoms with Crippen LogP contribution in [0.5, 0.6) is 0 Å². The Balaban J connectivity index is 1.41. The van der Waals surface area contributed by atoms with E-state index in [2.05, 4.69) is 20.4 Å². The molecule has 1 aliphatic carbocycles. The lowest BCUT2D eigenvalue weighted by molar-refractivity contribution is 0.0950. The van der Waals surface area contributed by atoms with Crippen LogP contribution in [0.25, 0.3) is 11.4 Å². The van der Waals surface area contributed by atoms with Crippen molar-refractivity contribution in [2.75, 3.05) is 0 Å². The van der Waals surface area contributed by atoms with Crippen molar-refractivity contribution in [2.45, 2.75) is 25.8 Å². The van der Waals surface area contributed by atoms with Gasteiger partial charge in [0, 0.05) is 22.8 Å². The molecule has 0 unspecified atom stereocenters. The van der Waals surface area contributed by atoms with Gasteiger partial charge in [0.15, 0.2) is 0 Å². The maximum Gasteiger partial charge on any atom is 0.261 e. The zero-order chi connectivity index (χ0) is 15.6. The van der Waals surface area contributed by atoms with E-state index < -0.39 is 0 Å². The third-order valence-electron chi connectivity index (χ3n) is 3.78. The van der Waals surface area contributed by atoms with Gasteiger partial charge in [-0.2, -0.15) is 4.98 Å². The number of carbonyl (C=O) groups excluding carboxylic acids is 1. The number of aryl methyl sites for hydroxylation is 2. The summed E-state index contributed by atoms with van der Waals surface area (Å²) in [6, 6.07) is 5.61. The Bertz CT molecular complexity index is 819. The van der Waals surface area contributed by atoms with Gasteiger partial charge in [0.2, 0.25) is 11.7 Å². The average molecular weight is 326 g/mol. The molecule has 3 heterocycles. The number of rotatable bonds is 4. The molecule has 0 spiro atoms. The van der Waals surface area contributed by atoms with Crippen molar-refractivity contribution < 1.29 is 9.32 Å². The van der Waals surface area contributed by atoms with Crippen molar-refractivity contribution in [3.8, 4) is 11.4 Å². The number of carbonyl (C=O) groups is 1. The summed E-state index contributed by atoms with van der Waals surface area (Å²) in [5, 5.41) is 6.75.